The maximum Gasteiger partial charge on any atom is 0.356 e. The molecular weight excluding hydrogens is 484 g/mol. The highest BCUT2D eigenvalue weighted by Gasteiger charge is 2.29. The number of nitrogens with two attached hydrogens (primary N) is 1. The number of halogens is 1. The fourth-order valence-corrected chi connectivity index (χ4v) is 4.37. The highest BCUT2D eigenvalue weighted by molar-refractivity contribution is 7.53. The van der Waals surface area contributed by atoms with Crippen molar-refractivity contribution >= 4 is 24.7 Å². The van der Waals surface area contributed by atoms with E-state index in [9.17, 15) is 13.8 Å². The van der Waals surface area contributed by atoms with E-state index >= 15 is 0 Å². The molecule has 14 heteroatoms. The number of nitrogens with one attached hydrogen (secondary N) is 1. The van der Waals surface area contributed by atoms with Crippen LogP contribution in [0.5, 0.6) is 0 Å². The minimum Gasteiger partial charge on any atom is -0.428 e. The predicted octanol–water partition coefficient (Wildman–Crippen LogP) is 2.99. The molecule has 0 saturated heterocycles. The standard InChI is InChI=1S/C21H23FN5O7P/c1-13-17(34-14(2)33-13)10-32-35(29,31-9-15-4-3-5-16(22)8-15)12-30-7-6-27-11-24-18-19(27)25-21(23)26-20(18)28/h3-5,8,11H,2,6-7,9-10,12H2,1H3,(H3,23,25,26,28). The number of nitrogen functional groups attached to an aromatic ring is 1. The first-order valence-corrected chi connectivity index (χ1v) is 12.1. The summed E-state index contributed by atoms with van der Waals surface area (Å²) >= 11 is 0. The second kappa shape index (κ2) is 10.4. The van der Waals surface area contributed by atoms with E-state index < -0.39 is 25.3 Å². The molecular formula is C21H23FN5O7P. The zero-order valence-electron chi connectivity index (χ0n) is 18.7. The Labute approximate surface area is 198 Å². The van der Waals surface area contributed by atoms with Crippen LogP contribution in [0.4, 0.5) is 10.3 Å². The number of ether oxygens (including phenoxy) is 3. The Kier molecular flexibility index (Phi) is 7.31. The molecule has 4 rings (SSSR count). The van der Waals surface area contributed by atoms with Crippen molar-refractivity contribution in [1.82, 2.24) is 19.5 Å². The minimum absolute atomic E-state index is 0.0424. The molecule has 0 saturated carbocycles. The summed E-state index contributed by atoms with van der Waals surface area (Å²) in [6.07, 6.45) is 1.02. The number of benzene rings is 1. The molecule has 12 nitrogen and oxygen atoms in total. The van der Waals surface area contributed by atoms with Crippen LogP contribution in [0.3, 0.4) is 0 Å². The van der Waals surface area contributed by atoms with E-state index in [4.69, 9.17) is 29.0 Å². The summed E-state index contributed by atoms with van der Waals surface area (Å²) in [6, 6.07) is 5.70. The van der Waals surface area contributed by atoms with Gasteiger partial charge < -0.3 is 29.0 Å². The summed E-state index contributed by atoms with van der Waals surface area (Å²) < 4.78 is 55.6. The zero-order chi connectivity index (χ0) is 25.0. The number of imidazole rings is 1. The van der Waals surface area contributed by atoms with E-state index in [1.165, 1.54) is 24.5 Å². The number of allylic oxidation sites excluding steroid dienone is 1. The molecule has 0 bridgehead atoms. The smallest absolute Gasteiger partial charge is 0.356 e. The highest BCUT2D eigenvalue weighted by Crippen LogP contribution is 2.49. The van der Waals surface area contributed by atoms with Crippen LogP contribution in [0.2, 0.25) is 0 Å². The maximum atomic E-state index is 13.5. The summed E-state index contributed by atoms with van der Waals surface area (Å²) in [5.74, 6) is 0.298. The lowest BCUT2D eigenvalue weighted by atomic mass is 10.2. The molecule has 1 unspecified atom stereocenters. The lowest BCUT2D eigenvalue weighted by molar-refractivity contribution is 0.114. The van der Waals surface area contributed by atoms with Gasteiger partial charge in [-0.15, -0.1) is 0 Å². The average molecular weight is 507 g/mol. The maximum absolute atomic E-state index is 13.5. The van der Waals surface area contributed by atoms with Crippen LogP contribution in [0.1, 0.15) is 12.5 Å². The van der Waals surface area contributed by atoms with Gasteiger partial charge in [0.05, 0.1) is 19.5 Å². The molecule has 186 valence electrons. The number of hydrogen-bond donors (Lipinski definition) is 2. The number of anilines is 1. The van der Waals surface area contributed by atoms with Crippen molar-refractivity contribution in [2.24, 2.45) is 0 Å². The monoisotopic (exact) mass is 507 g/mol. The minimum atomic E-state index is -3.83. The summed E-state index contributed by atoms with van der Waals surface area (Å²) in [5, 5.41) is 0. The Balaban J connectivity index is 1.39. The van der Waals surface area contributed by atoms with Crippen molar-refractivity contribution in [2.75, 3.05) is 25.3 Å². The lowest BCUT2D eigenvalue weighted by Gasteiger charge is -2.19. The Morgan fingerprint density at radius 2 is 2.09 bits per heavy atom. The van der Waals surface area contributed by atoms with E-state index in [0.29, 0.717) is 17.1 Å². The number of H-pyrrole nitrogens is 1. The van der Waals surface area contributed by atoms with E-state index in [1.807, 2.05) is 0 Å². The summed E-state index contributed by atoms with van der Waals surface area (Å²) in [5.41, 5.74) is 6.03. The van der Waals surface area contributed by atoms with Crippen molar-refractivity contribution in [3.8, 4) is 0 Å². The molecule has 0 radical (unpaired) electrons. The summed E-state index contributed by atoms with van der Waals surface area (Å²) in [7, 11) is -3.83. The Morgan fingerprint density at radius 3 is 2.83 bits per heavy atom. The first-order chi connectivity index (χ1) is 16.7. The summed E-state index contributed by atoms with van der Waals surface area (Å²) in [4.78, 5) is 22.4. The molecule has 1 aliphatic heterocycles. The quantitative estimate of drug-likeness (QED) is 0.293. The van der Waals surface area contributed by atoms with Gasteiger partial charge in [0.1, 0.15) is 24.5 Å². The number of aromatic amines is 1. The fraction of sp³-hybridized carbons (Fsp3) is 0.286. The van der Waals surface area contributed by atoms with Crippen LogP contribution < -0.4 is 11.3 Å². The van der Waals surface area contributed by atoms with Gasteiger partial charge in [0.15, 0.2) is 16.9 Å². The Morgan fingerprint density at radius 1 is 1.29 bits per heavy atom. The highest BCUT2D eigenvalue weighted by atomic mass is 31.2. The topological polar surface area (TPSA) is 153 Å². The van der Waals surface area contributed by atoms with Crippen molar-refractivity contribution in [1.29, 1.82) is 0 Å². The van der Waals surface area contributed by atoms with Gasteiger partial charge in [-0.25, -0.2) is 9.37 Å². The predicted molar refractivity (Wildman–Crippen MR) is 122 cm³/mol. The molecule has 2 aromatic heterocycles. The van der Waals surface area contributed by atoms with E-state index in [-0.39, 0.29) is 49.4 Å². The molecule has 0 amide bonds. The van der Waals surface area contributed by atoms with E-state index in [0.717, 1.165) is 0 Å². The van der Waals surface area contributed by atoms with Gasteiger partial charge >= 0.3 is 7.60 Å². The third kappa shape index (κ3) is 6.14. The normalized spacial score (nSPS) is 15.3. The van der Waals surface area contributed by atoms with E-state index in [2.05, 4.69) is 21.5 Å². The van der Waals surface area contributed by atoms with E-state index in [1.54, 1.807) is 17.6 Å². The third-order valence-corrected chi connectivity index (χ3v) is 6.37. The molecule has 0 fully saturated rings. The van der Waals surface area contributed by atoms with Gasteiger partial charge in [0.2, 0.25) is 5.95 Å². The number of fused-ring (bicyclic) bond motifs is 1. The SMILES string of the molecule is C=C1OC(C)=C(COP(=O)(COCCn2cnc3c(=O)[nH]c(N)nc32)OCc2cccc(F)c2)O1. The molecule has 3 heterocycles. The Bertz CT molecular complexity index is 1390. The van der Waals surface area contributed by atoms with Crippen LogP contribution in [0, 0.1) is 5.82 Å². The van der Waals surface area contributed by atoms with Crippen LogP contribution in [0.25, 0.3) is 11.2 Å². The van der Waals surface area contributed by atoms with Crippen LogP contribution in [-0.4, -0.2) is 39.1 Å². The lowest BCUT2D eigenvalue weighted by Crippen LogP contribution is -2.13. The zero-order valence-corrected chi connectivity index (χ0v) is 19.6. The number of aromatic nitrogens is 4. The van der Waals surface area contributed by atoms with Crippen LogP contribution >= 0.6 is 7.60 Å². The summed E-state index contributed by atoms with van der Waals surface area (Å²) in [6.45, 7) is 5.12. The molecule has 1 aliphatic rings. The molecule has 1 atom stereocenters. The molecule has 0 aliphatic carbocycles. The van der Waals surface area contributed by atoms with Crippen molar-refractivity contribution in [3.05, 3.63) is 76.4 Å². The van der Waals surface area contributed by atoms with Gasteiger partial charge in [-0.1, -0.05) is 12.1 Å². The first kappa shape index (κ1) is 24.6. The molecule has 3 aromatic rings. The van der Waals surface area contributed by atoms with Gasteiger partial charge in [-0.3, -0.25) is 18.9 Å². The first-order valence-electron chi connectivity index (χ1n) is 10.4. The second-order valence-corrected chi connectivity index (χ2v) is 9.44. The van der Waals surface area contributed by atoms with Crippen molar-refractivity contribution in [2.45, 2.75) is 20.1 Å². The number of nitrogens with zero attached hydrogens (tertiary/aromatic N) is 3. The molecule has 35 heavy (non-hydrogen) atoms. The van der Waals surface area contributed by atoms with Gasteiger partial charge in [0.25, 0.3) is 11.5 Å². The van der Waals surface area contributed by atoms with Gasteiger partial charge in [0, 0.05) is 6.54 Å². The number of hydrogen-bond acceptors (Lipinski definition) is 10. The second-order valence-electron chi connectivity index (χ2n) is 7.44. The molecule has 3 N–H and O–H groups in total. The van der Waals surface area contributed by atoms with Gasteiger partial charge in [-0.2, -0.15) is 4.98 Å². The molecule has 0 spiro atoms. The fourth-order valence-electron chi connectivity index (χ4n) is 3.13. The largest absolute Gasteiger partial charge is 0.428 e. The van der Waals surface area contributed by atoms with Crippen molar-refractivity contribution in [3.63, 3.8) is 0 Å². The van der Waals surface area contributed by atoms with Gasteiger partial charge in [-0.05, 0) is 31.2 Å². The Hall–Kier alpha value is -3.51. The molecule has 1 aromatic carbocycles. The third-order valence-electron chi connectivity index (χ3n) is 4.82. The van der Waals surface area contributed by atoms with Crippen LogP contribution in [-0.2, 0) is 41.0 Å². The van der Waals surface area contributed by atoms with Crippen molar-refractivity contribution < 1.29 is 32.2 Å². The van der Waals surface area contributed by atoms with Crippen LogP contribution in [0.15, 0.2) is 59.4 Å². The average Bonchev–Trinajstić information content (AvgIpc) is 3.36. The number of rotatable bonds is 11.